The molecule has 0 aliphatic carbocycles. The van der Waals surface area contributed by atoms with Gasteiger partial charge in [0.05, 0.1) is 0 Å². The minimum absolute atomic E-state index is 0.898. The first-order chi connectivity index (χ1) is 64.9. The Morgan fingerprint density at radius 3 is 0.458 bits per heavy atom. The number of para-hydroxylation sites is 1. The Bertz CT molecular complexity index is 7580. The molecule has 0 aliphatic rings. The van der Waals surface area contributed by atoms with E-state index in [0.717, 1.165) is 106 Å². The lowest BCUT2D eigenvalue weighted by molar-refractivity contribution is 0.668. The van der Waals surface area contributed by atoms with Gasteiger partial charge >= 0.3 is 0 Å². The lowest BCUT2D eigenvalue weighted by Gasteiger charge is -2.26. The summed E-state index contributed by atoms with van der Waals surface area (Å²) in [5.74, 6) is 0. The van der Waals surface area contributed by atoms with Gasteiger partial charge in [0.15, 0.2) is 0 Å². The van der Waals surface area contributed by atoms with Crippen LogP contribution in [0.1, 0.15) is 0 Å². The first-order valence-electron chi connectivity index (χ1n) is 44.4. The molecule has 3 heterocycles. The predicted molar refractivity (Wildman–Crippen MR) is 550 cm³/mol. The van der Waals surface area contributed by atoms with Crippen LogP contribution in [0.25, 0.3) is 155 Å². The zero-order chi connectivity index (χ0) is 87.4. The van der Waals surface area contributed by atoms with E-state index in [4.69, 9.17) is 8.83 Å². The molecule has 0 bridgehead atoms. The predicted octanol–water partition coefficient (Wildman–Crippen LogP) is 35.3. The lowest BCUT2D eigenvalue weighted by atomic mass is 9.98. The van der Waals surface area contributed by atoms with Gasteiger partial charge in [0.1, 0.15) is 22.3 Å². The highest BCUT2D eigenvalue weighted by Crippen LogP contribution is 2.44. The summed E-state index contributed by atoms with van der Waals surface area (Å²) in [7, 11) is 0. The summed E-state index contributed by atoms with van der Waals surface area (Å²) in [6, 6.07) is 185. The second-order valence-electron chi connectivity index (χ2n) is 32.6. The van der Waals surface area contributed by atoms with Gasteiger partial charge in [-0.1, -0.05) is 364 Å². The summed E-state index contributed by atoms with van der Waals surface area (Å²) >= 11 is 0. The average molecular weight is 1680 g/mol. The maximum atomic E-state index is 6.25. The van der Waals surface area contributed by atoms with Crippen LogP contribution in [0.15, 0.2) is 543 Å². The van der Waals surface area contributed by atoms with E-state index >= 15 is 0 Å². The molecule has 620 valence electrons. The third-order valence-electron chi connectivity index (χ3n) is 24.4. The molecule has 0 fully saturated rings. The van der Waals surface area contributed by atoms with Gasteiger partial charge in [0.25, 0.3) is 0 Å². The van der Waals surface area contributed by atoms with Gasteiger partial charge in [-0.05, 0) is 269 Å². The number of rotatable bonds is 19. The Kier molecular flexibility index (Phi) is 23.0. The lowest BCUT2D eigenvalue weighted by Crippen LogP contribution is -2.09. The number of aromatic nitrogens is 1. The fraction of sp³-hybridized carbons (Fsp3) is 0. The Labute approximate surface area is 763 Å². The van der Waals surface area contributed by atoms with Crippen LogP contribution in [0.3, 0.4) is 0 Å². The van der Waals surface area contributed by atoms with Crippen molar-refractivity contribution in [2.45, 2.75) is 0 Å². The van der Waals surface area contributed by atoms with Crippen LogP contribution < -0.4 is 14.7 Å². The van der Waals surface area contributed by atoms with Gasteiger partial charge in [0, 0.05) is 85.1 Å². The Morgan fingerprint density at radius 1 is 0.122 bits per heavy atom. The van der Waals surface area contributed by atoms with E-state index in [2.05, 4.69) is 517 Å². The standard InChI is InChI=1S/2C48H33NO.C29H22N2/c1-4-10-34(11-5-1)37-16-24-42(25-17-37)49(43-26-18-38(19-27-43)35-12-6-2-7-13-35)44-28-20-39(21-29-44)41-23-31-48-46(33-41)45-32-40(22-30-47(45)50-48)36-14-8-3-9-15-36;1-4-10-34(11-5-1)37-20-26-43(27-21-37)49(42-14-8-3-9-15-42)44-28-22-38(23-29-44)36-16-18-39(19-17-36)41-25-31-48-46(33-41)45-32-40(24-30-47(45)50-48)35-12-6-2-7-13-35;1-3-7-23(8-4-1)25-11-15-27(16-12-25)31(29-19-21-30-22-20-29)28-17-13-26(14-18-28)24-9-5-2-6-10-24/h2*1-33H;1-22H. The molecule has 0 N–H and O–H groups in total. The van der Waals surface area contributed by atoms with Crippen molar-refractivity contribution in [2.24, 2.45) is 0 Å². The van der Waals surface area contributed by atoms with Crippen molar-refractivity contribution >= 4 is 95.1 Å². The molecule has 0 saturated heterocycles. The first-order valence-corrected chi connectivity index (χ1v) is 44.4. The minimum atomic E-state index is 0.898. The van der Waals surface area contributed by atoms with Crippen LogP contribution in [-0.4, -0.2) is 4.98 Å². The van der Waals surface area contributed by atoms with E-state index in [1.807, 2.05) is 36.7 Å². The number of pyridine rings is 1. The number of anilines is 9. The second-order valence-corrected chi connectivity index (χ2v) is 32.6. The van der Waals surface area contributed by atoms with E-state index in [1.54, 1.807) is 0 Å². The number of hydrogen-bond donors (Lipinski definition) is 0. The molecule has 0 spiro atoms. The molecule has 0 amide bonds. The van der Waals surface area contributed by atoms with Crippen LogP contribution >= 0.6 is 0 Å². The average Bonchev–Trinajstić information content (AvgIpc) is 1.61. The molecule has 23 aromatic rings. The number of benzene rings is 20. The van der Waals surface area contributed by atoms with Crippen LogP contribution in [0, 0.1) is 0 Å². The summed E-state index contributed by atoms with van der Waals surface area (Å²) in [4.78, 5) is 11.1. The van der Waals surface area contributed by atoms with E-state index in [0.29, 0.717) is 0 Å². The molecule has 0 atom stereocenters. The van der Waals surface area contributed by atoms with Crippen LogP contribution in [0.5, 0.6) is 0 Å². The van der Waals surface area contributed by atoms with Crippen LogP contribution in [0.4, 0.5) is 51.2 Å². The van der Waals surface area contributed by atoms with Crippen molar-refractivity contribution < 1.29 is 8.83 Å². The molecule has 3 aromatic heterocycles. The topological polar surface area (TPSA) is 48.9 Å². The first kappa shape index (κ1) is 80.6. The number of hydrogen-bond acceptors (Lipinski definition) is 6. The van der Waals surface area contributed by atoms with Gasteiger partial charge in [0.2, 0.25) is 0 Å². The van der Waals surface area contributed by atoms with E-state index < -0.39 is 0 Å². The summed E-state index contributed by atoms with van der Waals surface area (Å²) in [6.45, 7) is 0. The minimum Gasteiger partial charge on any atom is -0.456 e. The molecular formula is C125H88N4O2. The molecular weight excluding hydrogens is 1590 g/mol. The molecule has 20 aromatic carbocycles. The highest BCUT2D eigenvalue weighted by molar-refractivity contribution is 6.09. The van der Waals surface area contributed by atoms with Crippen LogP contribution in [0.2, 0.25) is 0 Å². The van der Waals surface area contributed by atoms with Crippen molar-refractivity contribution in [1.82, 2.24) is 4.98 Å². The van der Waals surface area contributed by atoms with Crippen molar-refractivity contribution in [3.05, 3.63) is 534 Å². The van der Waals surface area contributed by atoms with Gasteiger partial charge in [-0.3, -0.25) is 4.98 Å². The molecule has 0 aliphatic heterocycles. The molecule has 0 radical (unpaired) electrons. The van der Waals surface area contributed by atoms with Crippen molar-refractivity contribution in [2.75, 3.05) is 14.7 Å². The van der Waals surface area contributed by atoms with Gasteiger partial charge in [-0.15, -0.1) is 0 Å². The number of nitrogens with zero attached hydrogens (tertiary/aromatic N) is 4. The molecule has 0 saturated carbocycles. The largest absolute Gasteiger partial charge is 0.456 e. The zero-order valence-corrected chi connectivity index (χ0v) is 71.9. The Morgan fingerprint density at radius 2 is 0.260 bits per heavy atom. The van der Waals surface area contributed by atoms with E-state index in [1.165, 1.54) is 100 Å². The zero-order valence-electron chi connectivity index (χ0n) is 71.9. The van der Waals surface area contributed by atoms with Gasteiger partial charge in [-0.2, -0.15) is 0 Å². The fourth-order valence-corrected chi connectivity index (χ4v) is 17.6. The quantitative estimate of drug-likeness (QED) is 0.0804. The highest BCUT2D eigenvalue weighted by Gasteiger charge is 2.20. The van der Waals surface area contributed by atoms with E-state index in [-0.39, 0.29) is 0 Å². The number of fused-ring (bicyclic) bond motifs is 6. The fourth-order valence-electron chi connectivity index (χ4n) is 17.6. The molecule has 0 unspecified atom stereocenters. The summed E-state index contributed by atoms with van der Waals surface area (Å²) in [5.41, 5.74) is 37.4. The van der Waals surface area contributed by atoms with Crippen molar-refractivity contribution in [3.8, 4) is 111 Å². The maximum absolute atomic E-state index is 6.25. The monoisotopic (exact) mass is 1680 g/mol. The SMILES string of the molecule is c1ccc(-c2ccc(N(c3ccc(-c4ccccc4)cc3)c3ccc(-c4ccc5oc6ccc(-c7ccccc7)cc6c5c4)cc3)cc2)cc1.c1ccc(-c2ccc(N(c3ccccc3)c3ccc(-c4ccc(-c5ccc6oc7ccc(-c8ccccc8)cc7c6c5)cc4)cc3)cc2)cc1.c1ccc(-c2ccc(N(c3ccncc3)c3ccc(-c4ccccc4)cc3)cc2)cc1. The normalized spacial score (nSPS) is 11.1. The summed E-state index contributed by atoms with van der Waals surface area (Å²) in [5, 5.41) is 4.52. The third kappa shape index (κ3) is 17.7. The van der Waals surface area contributed by atoms with Crippen molar-refractivity contribution in [1.29, 1.82) is 0 Å². The number of furan rings is 2. The maximum Gasteiger partial charge on any atom is 0.135 e. The summed E-state index contributed by atoms with van der Waals surface area (Å²) < 4.78 is 12.5. The Hall–Kier alpha value is -17.5. The van der Waals surface area contributed by atoms with Crippen molar-refractivity contribution in [3.63, 3.8) is 0 Å². The highest BCUT2D eigenvalue weighted by atomic mass is 16.3. The molecule has 131 heavy (non-hydrogen) atoms. The smallest absolute Gasteiger partial charge is 0.135 e. The van der Waals surface area contributed by atoms with Gasteiger partial charge in [-0.25, -0.2) is 0 Å². The molecule has 23 rings (SSSR count). The molecule has 6 nitrogen and oxygen atoms in total. The Balaban J connectivity index is 0.000000122. The second kappa shape index (κ2) is 37.4. The van der Waals surface area contributed by atoms with E-state index in [9.17, 15) is 0 Å². The third-order valence-corrected chi connectivity index (χ3v) is 24.4. The van der Waals surface area contributed by atoms with Gasteiger partial charge < -0.3 is 23.5 Å². The van der Waals surface area contributed by atoms with Crippen LogP contribution in [-0.2, 0) is 0 Å². The summed E-state index contributed by atoms with van der Waals surface area (Å²) in [6.07, 6.45) is 3.66. The molecule has 6 heteroatoms.